The summed E-state index contributed by atoms with van der Waals surface area (Å²) in [7, 11) is 0. The van der Waals surface area contributed by atoms with E-state index in [0.717, 1.165) is 17.0 Å². The van der Waals surface area contributed by atoms with Crippen molar-refractivity contribution in [3.8, 4) is 6.07 Å². The molecule has 2 aromatic heterocycles. The van der Waals surface area contributed by atoms with E-state index in [2.05, 4.69) is 21.1 Å². The van der Waals surface area contributed by atoms with Gasteiger partial charge in [0.25, 0.3) is 5.78 Å². The molecule has 2 aromatic rings. The second-order valence-corrected chi connectivity index (χ2v) is 4.40. The van der Waals surface area contributed by atoms with Gasteiger partial charge in [-0.2, -0.15) is 10.2 Å². The molecule has 0 fully saturated rings. The Morgan fingerprint density at radius 3 is 2.75 bits per heavy atom. The van der Waals surface area contributed by atoms with Crippen molar-refractivity contribution in [1.82, 2.24) is 19.6 Å². The van der Waals surface area contributed by atoms with Crippen molar-refractivity contribution in [3.05, 3.63) is 17.0 Å². The smallest absolute Gasteiger partial charge is 0.216 e. The molecule has 0 radical (unpaired) electrons. The quantitative estimate of drug-likeness (QED) is 0.738. The van der Waals surface area contributed by atoms with E-state index in [-0.39, 0.29) is 0 Å². The molecule has 82 valence electrons. The van der Waals surface area contributed by atoms with Crippen molar-refractivity contribution in [1.29, 1.82) is 5.26 Å². The summed E-state index contributed by atoms with van der Waals surface area (Å²) in [5.41, 5.74) is 3.13. The number of nitriles is 1. The average Bonchev–Trinajstić information content (AvgIpc) is 2.66. The molecular formula is C10H11N5S. The van der Waals surface area contributed by atoms with Gasteiger partial charge < -0.3 is 0 Å². The van der Waals surface area contributed by atoms with Crippen LogP contribution in [0.5, 0.6) is 0 Å². The fourth-order valence-electron chi connectivity index (χ4n) is 1.40. The van der Waals surface area contributed by atoms with Gasteiger partial charge in [-0.15, -0.1) is 5.10 Å². The molecule has 0 saturated heterocycles. The molecule has 0 spiro atoms. The maximum absolute atomic E-state index is 8.50. The lowest BCUT2D eigenvalue weighted by Crippen LogP contribution is -2.02. The van der Waals surface area contributed by atoms with E-state index in [9.17, 15) is 0 Å². The second kappa shape index (κ2) is 4.10. The molecule has 0 aliphatic rings. The Balaban J connectivity index is 2.54. The highest BCUT2D eigenvalue weighted by Crippen LogP contribution is 2.16. The van der Waals surface area contributed by atoms with E-state index in [1.807, 2.05) is 20.8 Å². The summed E-state index contributed by atoms with van der Waals surface area (Å²) in [5.74, 6) is 0.953. The highest BCUT2D eigenvalue weighted by molar-refractivity contribution is 7.99. The lowest BCUT2D eigenvalue weighted by molar-refractivity contribution is 0.833. The monoisotopic (exact) mass is 233 g/mol. The Bertz CT molecular complexity index is 581. The first-order valence-electron chi connectivity index (χ1n) is 4.84. The number of thioether (sulfide) groups is 1. The van der Waals surface area contributed by atoms with Gasteiger partial charge in [0, 0.05) is 11.4 Å². The minimum atomic E-state index is 0.355. The molecule has 2 rings (SSSR count). The first-order chi connectivity index (χ1) is 7.63. The standard InChI is InChI=1S/C10H11N5S/c1-6-7(2)12-9-13-10(16-5-4-11)14-15(9)8(6)3/h5H2,1-3H3. The minimum Gasteiger partial charge on any atom is -0.216 e. The third-order valence-corrected chi connectivity index (χ3v) is 3.21. The largest absolute Gasteiger partial charge is 0.253 e. The molecule has 0 aliphatic carbocycles. The van der Waals surface area contributed by atoms with Gasteiger partial charge in [0.05, 0.1) is 11.8 Å². The summed E-state index contributed by atoms with van der Waals surface area (Å²) in [4.78, 5) is 8.62. The second-order valence-electron chi connectivity index (χ2n) is 3.46. The van der Waals surface area contributed by atoms with Gasteiger partial charge in [-0.3, -0.25) is 0 Å². The first kappa shape index (κ1) is 10.9. The number of hydrogen-bond donors (Lipinski definition) is 0. The molecule has 0 bridgehead atoms. The predicted octanol–water partition coefficient (Wildman–Crippen LogP) is 1.67. The highest BCUT2D eigenvalue weighted by Gasteiger charge is 2.10. The fraction of sp³-hybridized carbons (Fsp3) is 0.400. The van der Waals surface area contributed by atoms with Crippen LogP contribution < -0.4 is 0 Å². The molecule has 0 aromatic carbocycles. The zero-order valence-corrected chi connectivity index (χ0v) is 10.2. The molecule has 2 heterocycles. The van der Waals surface area contributed by atoms with Gasteiger partial charge in [0.15, 0.2) is 0 Å². The minimum absolute atomic E-state index is 0.355. The van der Waals surface area contributed by atoms with Crippen molar-refractivity contribution in [2.75, 3.05) is 5.75 Å². The highest BCUT2D eigenvalue weighted by atomic mass is 32.2. The van der Waals surface area contributed by atoms with Crippen LogP contribution in [0.3, 0.4) is 0 Å². The Hall–Kier alpha value is -1.61. The Kier molecular flexibility index (Phi) is 2.79. The molecule has 0 saturated carbocycles. The van der Waals surface area contributed by atoms with Crippen molar-refractivity contribution >= 4 is 17.5 Å². The maximum atomic E-state index is 8.50. The normalized spacial score (nSPS) is 10.6. The van der Waals surface area contributed by atoms with E-state index in [1.54, 1.807) is 4.52 Å². The van der Waals surface area contributed by atoms with E-state index >= 15 is 0 Å². The number of aromatic nitrogens is 4. The van der Waals surface area contributed by atoms with Crippen LogP contribution in [0.2, 0.25) is 0 Å². The van der Waals surface area contributed by atoms with Gasteiger partial charge in [-0.05, 0) is 26.3 Å². The van der Waals surface area contributed by atoms with Crippen LogP contribution in [0.25, 0.3) is 5.78 Å². The van der Waals surface area contributed by atoms with Gasteiger partial charge >= 0.3 is 0 Å². The van der Waals surface area contributed by atoms with E-state index in [0.29, 0.717) is 16.7 Å². The van der Waals surface area contributed by atoms with E-state index in [1.165, 1.54) is 11.8 Å². The molecule has 0 atom stereocenters. The van der Waals surface area contributed by atoms with Crippen LogP contribution in [-0.4, -0.2) is 25.3 Å². The SMILES string of the molecule is Cc1nc2nc(SCC#N)nn2c(C)c1C. The van der Waals surface area contributed by atoms with Crippen molar-refractivity contribution in [3.63, 3.8) is 0 Å². The molecule has 5 nitrogen and oxygen atoms in total. The van der Waals surface area contributed by atoms with Gasteiger partial charge in [0.1, 0.15) is 0 Å². The van der Waals surface area contributed by atoms with Crippen LogP contribution in [0.15, 0.2) is 5.16 Å². The van der Waals surface area contributed by atoms with Gasteiger partial charge in [-0.1, -0.05) is 11.8 Å². The number of hydrogen-bond acceptors (Lipinski definition) is 5. The molecule has 0 aliphatic heterocycles. The molecule has 6 heteroatoms. The summed E-state index contributed by atoms with van der Waals surface area (Å²) in [5, 5.41) is 13.4. The van der Waals surface area contributed by atoms with Crippen LogP contribution in [0.1, 0.15) is 17.0 Å². The molecule has 16 heavy (non-hydrogen) atoms. The van der Waals surface area contributed by atoms with Crippen LogP contribution >= 0.6 is 11.8 Å². The summed E-state index contributed by atoms with van der Waals surface area (Å²) >= 11 is 1.32. The summed E-state index contributed by atoms with van der Waals surface area (Å²) < 4.78 is 1.72. The van der Waals surface area contributed by atoms with Crippen LogP contribution in [-0.2, 0) is 0 Å². The zero-order chi connectivity index (χ0) is 11.7. The lowest BCUT2D eigenvalue weighted by atomic mass is 10.2. The van der Waals surface area contributed by atoms with Gasteiger partial charge in [-0.25, -0.2) is 9.50 Å². The third-order valence-electron chi connectivity index (χ3n) is 2.51. The Morgan fingerprint density at radius 1 is 1.31 bits per heavy atom. The van der Waals surface area contributed by atoms with Crippen molar-refractivity contribution in [2.45, 2.75) is 25.9 Å². The average molecular weight is 233 g/mol. The fourth-order valence-corrected chi connectivity index (χ4v) is 1.87. The lowest BCUT2D eigenvalue weighted by Gasteiger charge is -2.04. The van der Waals surface area contributed by atoms with E-state index < -0.39 is 0 Å². The maximum Gasteiger partial charge on any atom is 0.253 e. The van der Waals surface area contributed by atoms with Gasteiger partial charge in [0.2, 0.25) is 5.16 Å². The number of aryl methyl sites for hydroxylation is 2. The Labute approximate surface area is 97.5 Å². The molecular weight excluding hydrogens is 222 g/mol. The van der Waals surface area contributed by atoms with Crippen molar-refractivity contribution in [2.24, 2.45) is 0 Å². The zero-order valence-electron chi connectivity index (χ0n) is 9.35. The van der Waals surface area contributed by atoms with Crippen LogP contribution in [0.4, 0.5) is 0 Å². The molecule has 0 amide bonds. The predicted molar refractivity (Wildman–Crippen MR) is 61.3 cm³/mol. The summed E-state index contributed by atoms with van der Waals surface area (Å²) in [6.07, 6.45) is 0. The number of rotatable bonds is 2. The van der Waals surface area contributed by atoms with E-state index in [4.69, 9.17) is 5.26 Å². The summed E-state index contributed by atoms with van der Waals surface area (Å²) in [6.45, 7) is 5.96. The number of fused-ring (bicyclic) bond motifs is 1. The first-order valence-corrected chi connectivity index (χ1v) is 5.82. The Morgan fingerprint density at radius 2 is 2.06 bits per heavy atom. The third kappa shape index (κ3) is 1.74. The molecule has 0 N–H and O–H groups in total. The molecule has 0 unspecified atom stereocenters. The van der Waals surface area contributed by atoms with Crippen molar-refractivity contribution < 1.29 is 0 Å². The number of nitrogens with zero attached hydrogens (tertiary/aromatic N) is 5. The summed E-state index contributed by atoms with van der Waals surface area (Å²) in [6, 6.07) is 2.05. The topological polar surface area (TPSA) is 66.9 Å². The van der Waals surface area contributed by atoms with Crippen LogP contribution in [0, 0.1) is 32.1 Å².